The van der Waals surface area contributed by atoms with Gasteiger partial charge in [0.05, 0.1) is 23.1 Å². The Hall–Kier alpha value is -3.04. The second kappa shape index (κ2) is 7.89. The molecule has 0 unspecified atom stereocenters. The molecular weight excluding hydrogens is 354 g/mol. The van der Waals surface area contributed by atoms with Crippen LogP contribution in [0, 0.1) is 0 Å². The lowest BCUT2D eigenvalue weighted by atomic mass is 10.2. The number of imidazole rings is 1. The van der Waals surface area contributed by atoms with Gasteiger partial charge in [0.15, 0.2) is 0 Å². The molecule has 0 saturated heterocycles. The second-order valence-corrected chi connectivity index (χ2v) is 7.22. The SMILES string of the molecule is O=C(Nc1cccnc1)c1cccc(S(=O)(=O)NCCc2cnc[nH]2)c1. The third-order valence-electron chi connectivity index (χ3n) is 3.57. The number of sulfonamides is 1. The summed E-state index contributed by atoms with van der Waals surface area (Å²) in [6.45, 7) is 0.219. The van der Waals surface area contributed by atoms with Crippen LogP contribution in [-0.2, 0) is 16.4 Å². The van der Waals surface area contributed by atoms with Gasteiger partial charge in [-0.1, -0.05) is 6.07 Å². The number of benzene rings is 1. The first-order valence-corrected chi connectivity index (χ1v) is 9.31. The molecule has 3 N–H and O–H groups in total. The van der Waals surface area contributed by atoms with Crippen molar-refractivity contribution in [3.8, 4) is 0 Å². The molecule has 26 heavy (non-hydrogen) atoms. The van der Waals surface area contributed by atoms with Gasteiger partial charge in [-0.25, -0.2) is 18.1 Å². The van der Waals surface area contributed by atoms with Gasteiger partial charge in [-0.15, -0.1) is 0 Å². The minimum Gasteiger partial charge on any atom is -0.348 e. The molecule has 0 bridgehead atoms. The van der Waals surface area contributed by atoms with Gasteiger partial charge in [0.1, 0.15) is 0 Å². The van der Waals surface area contributed by atoms with E-state index in [0.29, 0.717) is 12.1 Å². The summed E-state index contributed by atoms with van der Waals surface area (Å²) in [4.78, 5) is 23.0. The topological polar surface area (TPSA) is 117 Å². The fraction of sp³-hybridized carbons (Fsp3) is 0.118. The predicted octanol–water partition coefficient (Wildman–Crippen LogP) is 1.58. The molecular formula is C17H17N5O3S. The summed E-state index contributed by atoms with van der Waals surface area (Å²) < 4.78 is 27.3. The number of rotatable bonds is 7. The fourth-order valence-corrected chi connectivity index (χ4v) is 3.35. The van der Waals surface area contributed by atoms with Crippen molar-refractivity contribution >= 4 is 21.6 Å². The molecule has 3 aromatic rings. The smallest absolute Gasteiger partial charge is 0.255 e. The zero-order valence-electron chi connectivity index (χ0n) is 13.7. The summed E-state index contributed by atoms with van der Waals surface area (Å²) in [6, 6.07) is 9.25. The van der Waals surface area contributed by atoms with Crippen molar-refractivity contribution in [2.45, 2.75) is 11.3 Å². The highest BCUT2D eigenvalue weighted by atomic mass is 32.2. The molecule has 134 valence electrons. The van der Waals surface area contributed by atoms with E-state index in [-0.39, 0.29) is 17.0 Å². The maximum Gasteiger partial charge on any atom is 0.255 e. The molecule has 0 radical (unpaired) electrons. The van der Waals surface area contributed by atoms with Crippen LogP contribution < -0.4 is 10.0 Å². The number of H-pyrrole nitrogens is 1. The van der Waals surface area contributed by atoms with Gasteiger partial charge >= 0.3 is 0 Å². The summed E-state index contributed by atoms with van der Waals surface area (Å²) in [6.07, 6.45) is 6.76. The number of amides is 1. The first kappa shape index (κ1) is 17.8. The normalized spacial score (nSPS) is 11.2. The Morgan fingerprint density at radius 1 is 1.12 bits per heavy atom. The largest absolute Gasteiger partial charge is 0.348 e. The number of carbonyl (C=O) groups excluding carboxylic acids is 1. The molecule has 0 fully saturated rings. The van der Waals surface area contributed by atoms with Crippen LogP contribution in [0.1, 0.15) is 16.1 Å². The van der Waals surface area contributed by atoms with E-state index in [4.69, 9.17) is 0 Å². The molecule has 9 heteroatoms. The molecule has 1 amide bonds. The first-order valence-electron chi connectivity index (χ1n) is 7.83. The Bertz CT molecular complexity index is 973. The highest BCUT2D eigenvalue weighted by Crippen LogP contribution is 2.13. The van der Waals surface area contributed by atoms with Crippen molar-refractivity contribution in [1.82, 2.24) is 19.7 Å². The van der Waals surface area contributed by atoms with Crippen LogP contribution in [0.4, 0.5) is 5.69 Å². The number of pyridine rings is 1. The molecule has 0 aliphatic carbocycles. The molecule has 0 spiro atoms. The van der Waals surface area contributed by atoms with Crippen molar-refractivity contribution < 1.29 is 13.2 Å². The molecule has 2 aromatic heterocycles. The standard InChI is InChI=1S/C17H17N5O3S/c23-17(22-15-4-2-7-18-11-15)13-3-1-5-16(9-13)26(24,25)21-8-6-14-10-19-12-20-14/h1-5,7,9-12,21H,6,8H2,(H,19,20)(H,22,23). The van der Waals surface area contributed by atoms with Crippen LogP contribution in [0.5, 0.6) is 0 Å². The molecule has 0 saturated carbocycles. The van der Waals surface area contributed by atoms with Crippen LogP contribution in [0.3, 0.4) is 0 Å². The maximum absolute atomic E-state index is 12.4. The van der Waals surface area contributed by atoms with E-state index in [0.717, 1.165) is 5.69 Å². The molecule has 0 aliphatic heterocycles. The monoisotopic (exact) mass is 371 g/mol. The fourth-order valence-electron chi connectivity index (χ4n) is 2.27. The lowest BCUT2D eigenvalue weighted by molar-refractivity contribution is 0.102. The molecule has 0 aliphatic rings. The molecule has 0 atom stereocenters. The average molecular weight is 371 g/mol. The Balaban J connectivity index is 1.68. The van der Waals surface area contributed by atoms with Crippen molar-refractivity contribution in [3.05, 3.63) is 72.6 Å². The minimum absolute atomic E-state index is 0.0287. The zero-order chi connectivity index (χ0) is 18.4. The van der Waals surface area contributed by atoms with E-state index < -0.39 is 15.9 Å². The van der Waals surface area contributed by atoms with Gasteiger partial charge < -0.3 is 10.3 Å². The van der Waals surface area contributed by atoms with Gasteiger partial charge in [0.25, 0.3) is 5.91 Å². The van der Waals surface area contributed by atoms with Gasteiger partial charge in [-0.2, -0.15) is 0 Å². The van der Waals surface area contributed by atoms with E-state index in [1.807, 2.05) is 0 Å². The number of hydrogen-bond acceptors (Lipinski definition) is 5. The predicted molar refractivity (Wildman–Crippen MR) is 96.1 cm³/mol. The Morgan fingerprint density at radius 2 is 2.00 bits per heavy atom. The van der Waals surface area contributed by atoms with Crippen molar-refractivity contribution in [2.24, 2.45) is 0 Å². The van der Waals surface area contributed by atoms with E-state index >= 15 is 0 Å². The molecule has 2 heterocycles. The van der Waals surface area contributed by atoms with Gasteiger partial charge in [0.2, 0.25) is 10.0 Å². The van der Waals surface area contributed by atoms with Crippen molar-refractivity contribution in [2.75, 3.05) is 11.9 Å². The third kappa shape index (κ3) is 4.52. The number of anilines is 1. The highest BCUT2D eigenvalue weighted by Gasteiger charge is 2.16. The van der Waals surface area contributed by atoms with Crippen LogP contribution in [0.15, 0.2) is 66.2 Å². The summed E-state index contributed by atoms with van der Waals surface area (Å²) >= 11 is 0. The summed E-state index contributed by atoms with van der Waals surface area (Å²) in [5.74, 6) is -0.410. The van der Waals surface area contributed by atoms with Crippen LogP contribution in [0.25, 0.3) is 0 Å². The summed E-state index contributed by atoms with van der Waals surface area (Å²) in [5.41, 5.74) is 1.60. The van der Waals surface area contributed by atoms with Crippen LogP contribution in [-0.4, -0.2) is 35.8 Å². The van der Waals surface area contributed by atoms with Crippen LogP contribution >= 0.6 is 0 Å². The second-order valence-electron chi connectivity index (χ2n) is 5.45. The third-order valence-corrected chi connectivity index (χ3v) is 5.03. The van der Waals surface area contributed by atoms with Crippen molar-refractivity contribution in [1.29, 1.82) is 0 Å². The quantitative estimate of drug-likeness (QED) is 0.583. The maximum atomic E-state index is 12.4. The number of hydrogen-bond donors (Lipinski definition) is 3. The number of carbonyl (C=O) groups is 1. The van der Waals surface area contributed by atoms with E-state index in [2.05, 4.69) is 25.0 Å². The number of nitrogens with zero attached hydrogens (tertiary/aromatic N) is 2. The lowest BCUT2D eigenvalue weighted by Crippen LogP contribution is -2.26. The summed E-state index contributed by atoms with van der Waals surface area (Å²) in [7, 11) is -3.72. The molecule has 3 rings (SSSR count). The minimum atomic E-state index is -3.72. The first-order chi connectivity index (χ1) is 12.5. The lowest BCUT2D eigenvalue weighted by Gasteiger charge is -2.09. The van der Waals surface area contributed by atoms with E-state index in [9.17, 15) is 13.2 Å². The highest BCUT2D eigenvalue weighted by molar-refractivity contribution is 7.89. The zero-order valence-corrected chi connectivity index (χ0v) is 14.5. The Morgan fingerprint density at radius 3 is 2.73 bits per heavy atom. The van der Waals surface area contributed by atoms with E-state index in [1.165, 1.54) is 30.7 Å². The summed E-state index contributed by atoms with van der Waals surface area (Å²) in [5, 5.41) is 2.67. The van der Waals surface area contributed by atoms with E-state index in [1.54, 1.807) is 30.6 Å². The number of aromatic nitrogens is 3. The number of aromatic amines is 1. The Labute approximate surface area is 150 Å². The van der Waals surface area contributed by atoms with Gasteiger partial charge in [-0.05, 0) is 30.3 Å². The van der Waals surface area contributed by atoms with Gasteiger partial charge in [-0.3, -0.25) is 9.78 Å². The van der Waals surface area contributed by atoms with Gasteiger partial charge in [0, 0.05) is 36.6 Å². The number of nitrogens with one attached hydrogen (secondary N) is 3. The molecule has 1 aromatic carbocycles. The van der Waals surface area contributed by atoms with Crippen molar-refractivity contribution in [3.63, 3.8) is 0 Å². The van der Waals surface area contributed by atoms with Crippen LogP contribution in [0.2, 0.25) is 0 Å². The molecule has 8 nitrogen and oxygen atoms in total. The Kier molecular flexibility index (Phi) is 5.40. The average Bonchev–Trinajstić information content (AvgIpc) is 3.16.